The Labute approximate surface area is 166 Å². The number of likely N-dealkylation sites (N-methyl/N-ethyl adjacent to an activating group) is 1. The van der Waals surface area contributed by atoms with Crippen molar-refractivity contribution in [2.45, 2.75) is 13.0 Å². The van der Waals surface area contributed by atoms with Crippen LogP contribution in [0.1, 0.15) is 17.8 Å². The van der Waals surface area contributed by atoms with Crippen LogP contribution in [0.5, 0.6) is 0 Å². The summed E-state index contributed by atoms with van der Waals surface area (Å²) in [6.45, 7) is 7.60. The minimum absolute atomic E-state index is 0.313. The molecule has 1 aliphatic rings. The molecule has 0 radical (unpaired) electrons. The molecule has 146 valence electrons. The predicted molar refractivity (Wildman–Crippen MR) is 115 cm³/mol. The Bertz CT molecular complexity index is 693. The van der Waals surface area contributed by atoms with Crippen LogP contribution < -0.4 is 10.2 Å². The molecule has 0 aliphatic carbocycles. The van der Waals surface area contributed by atoms with Crippen molar-refractivity contribution in [2.24, 2.45) is 4.99 Å². The number of pyridine rings is 1. The molecule has 1 aliphatic heterocycles. The zero-order valence-electron chi connectivity index (χ0n) is 16.5. The van der Waals surface area contributed by atoms with Crippen molar-refractivity contribution in [1.82, 2.24) is 20.1 Å². The number of aromatic nitrogens is 1. The molecular weight excluding hydrogens is 356 g/mol. The third-order valence-electron chi connectivity index (χ3n) is 4.80. The highest BCUT2D eigenvalue weighted by atomic mass is 32.1. The van der Waals surface area contributed by atoms with Gasteiger partial charge in [0.05, 0.1) is 12.6 Å². The number of nitrogens with one attached hydrogen (secondary N) is 1. The van der Waals surface area contributed by atoms with Gasteiger partial charge in [0.25, 0.3) is 0 Å². The van der Waals surface area contributed by atoms with Crippen LogP contribution in [0, 0.1) is 0 Å². The first kappa shape index (κ1) is 19.6. The van der Waals surface area contributed by atoms with Crippen molar-refractivity contribution >= 4 is 23.1 Å². The molecule has 1 saturated heterocycles. The maximum atomic E-state index is 4.97. The summed E-state index contributed by atoms with van der Waals surface area (Å²) in [7, 11) is 4.25. The van der Waals surface area contributed by atoms with Crippen LogP contribution in [0.3, 0.4) is 0 Å². The Morgan fingerprint density at radius 2 is 2.04 bits per heavy atom. The zero-order valence-corrected chi connectivity index (χ0v) is 17.3. The molecule has 1 unspecified atom stereocenters. The minimum Gasteiger partial charge on any atom is -0.357 e. The van der Waals surface area contributed by atoms with E-state index in [1.807, 2.05) is 18.3 Å². The van der Waals surface area contributed by atoms with Crippen LogP contribution in [-0.2, 0) is 0 Å². The summed E-state index contributed by atoms with van der Waals surface area (Å²) >= 11 is 1.80. The topological polar surface area (TPSA) is 47.0 Å². The number of guanidine groups is 1. The Balaban J connectivity index is 1.64. The number of rotatable bonds is 6. The van der Waals surface area contributed by atoms with Crippen molar-refractivity contribution in [1.29, 1.82) is 0 Å². The summed E-state index contributed by atoms with van der Waals surface area (Å²) in [6, 6.07) is 10.7. The van der Waals surface area contributed by atoms with Crippen molar-refractivity contribution in [2.75, 3.05) is 58.3 Å². The summed E-state index contributed by atoms with van der Waals surface area (Å²) in [4.78, 5) is 17.8. The van der Waals surface area contributed by atoms with Gasteiger partial charge < -0.3 is 20.0 Å². The number of thiophene rings is 1. The summed E-state index contributed by atoms with van der Waals surface area (Å²) < 4.78 is 0. The first-order chi connectivity index (χ1) is 13.2. The van der Waals surface area contributed by atoms with E-state index in [9.17, 15) is 0 Å². The molecule has 0 saturated carbocycles. The monoisotopic (exact) mass is 386 g/mol. The normalized spacial score (nSPS) is 16.7. The SMILES string of the molecule is CCNC(=NCC(c1cccs1)N(C)C)N1CCN(c2ccccn2)CC1. The fourth-order valence-corrected chi connectivity index (χ4v) is 4.19. The van der Waals surface area contributed by atoms with E-state index in [2.05, 4.69) is 69.6 Å². The van der Waals surface area contributed by atoms with E-state index in [4.69, 9.17) is 4.99 Å². The highest BCUT2D eigenvalue weighted by Gasteiger charge is 2.21. The van der Waals surface area contributed by atoms with E-state index in [1.54, 1.807) is 11.3 Å². The van der Waals surface area contributed by atoms with Crippen LogP contribution >= 0.6 is 11.3 Å². The average molecular weight is 387 g/mol. The second-order valence-corrected chi connectivity index (χ2v) is 7.83. The molecule has 0 bridgehead atoms. The summed E-state index contributed by atoms with van der Waals surface area (Å²) in [5, 5.41) is 5.61. The van der Waals surface area contributed by atoms with E-state index < -0.39 is 0 Å². The van der Waals surface area contributed by atoms with Gasteiger partial charge in [-0.05, 0) is 44.6 Å². The number of hydrogen-bond donors (Lipinski definition) is 1. The van der Waals surface area contributed by atoms with Crippen LogP contribution in [0.4, 0.5) is 5.82 Å². The molecule has 7 heteroatoms. The predicted octanol–water partition coefficient (Wildman–Crippen LogP) is 2.53. The molecule has 1 N–H and O–H groups in total. The van der Waals surface area contributed by atoms with Gasteiger partial charge in [-0.25, -0.2) is 4.98 Å². The lowest BCUT2D eigenvalue weighted by Gasteiger charge is -2.37. The lowest BCUT2D eigenvalue weighted by Crippen LogP contribution is -2.52. The maximum Gasteiger partial charge on any atom is 0.194 e. The van der Waals surface area contributed by atoms with Crippen molar-refractivity contribution in [3.63, 3.8) is 0 Å². The minimum atomic E-state index is 0.313. The number of anilines is 1. The zero-order chi connectivity index (χ0) is 19.1. The second-order valence-electron chi connectivity index (χ2n) is 6.85. The fraction of sp³-hybridized carbons (Fsp3) is 0.500. The molecule has 0 aromatic carbocycles. The first-order valence-electron chi connectivity index (χ1n) is 9.58. The standard InChI is InChI=1S/C20H30N6S/c1-4-21-20(23-16-17(24(2)3)18-8-7-15-27-18)26-13-11-25(12-14-26)19-9-5-6-10-22-19/h5-10,15,17H,4,11-14,16H2,1-3H3,(H,21,23). The Hall–Kier alpha value is -2.12. The maximum absolute atomic E-state index is 4.97. The van der Waals surface area contributed by atoms with Gasteiger partial charge in [-0.2, -0.15) is 0 Å². The molecule has 3 rings (SSSR count). The molecule has 2 aromatic rings. The van der Waals surface area contributed by atoms with E-state index >= 15 is 0 Å². The highest BCUT2D eigenvalue weighted by Crippen LogP contribution is 2.23. The quantitative estimate of drug-likeness (QED) is 0.611. The molecule has 6 nitrogen and oxygen atoms in total. The molecule has 27 heavy (non-hydrogen) atoms. The van der Waals surface area contributed by atoms with Gasteiger partial charge in [-0.3, -0.25) is 4.99 Å². The fourth-order valence-electron chi connectivity index (χ4n) is 3.28. The summed E-state index contributed by atoms with van der Waals surface area (Å²) in [5.74, 6) is 2.08. The lowest BCUT2D eigenvalue weighted by molar-refractivity contribution is 0.307. The number of aliphatic imine (C=N–C) groups is 1. The van der Waals surface area contributed by atoms with Gasteiger partial charge in [0.1, 0.15) is 5.82 Å². The van der Waals surface area contributed by atoms with Gasteiger partial charge in [-0.15, -0.1) is 11.3 Å². The molecule has 2 aromatic heterocycles. The van der Waals surface area contributed by atoms with Crippen molar-refractivity contribution in [3.8, 4) is 0 Å². The third kappa shape index (κ3) is 5.20. The molecule has 1 atom stereocenters. The Kier molecular flexibility index (Phi) is 7.06. The molecule has 0 amide bonds. The average Bonchev–Trinajstić information content (AvgIpc) is 3.22. The van der Waals surface area contributed by atoms with E-state index in [-0.39, 0.29) is 0 Å². The van der Waals surface area contributed by atoms with Crippen molar-refractivity contribution < 1.29 is 0 Å². The molecule has 3 heterocycles. The summed E-state index contributed by atoms with van der Waals surface area (Å²) in [5.41, 5.74) is 0. The van der Waals surface area contributed by atoms with Crippen molar-refractivity contribution in [3.05, 3.63) is 46.8 Å². The largest absolute Gasteiger partial charge is 0.357 e. The molecule has 1 fully saturated rings. The number of nitrogens with zero attached hydrogens (tertiary/aromatic N) is 5. The second kappa shape index (κ2) is 9.71. The smallest absolute Gasteiger partial charge is 0.194 e. The van der Waals surface area contributed by atoms with Gasteiger partial charge in [0.2, 0.25) is 0 Å². The van der Waals surface area contributed by atoms with Crippen LogP contribution in [0.25, 0.3) is 0 Å². The molecular formula is C20H30N6S. The van der Waals surface area contributed by atoms with Gasteiger partial charge >= 0.3 is 0 Å². The van der Waals surface area contributed by atoms with Gasteiger partial charge in [0.15, 0.2) is 5.96 Å². The molecule has 0 spiro atoms. The van der Waals surface area contributed by atoms with Gasteiger partial charge in [0, 0.05) is 43.8 Å². The van der Waals surface area contributed by atoms with E-state index in [1.165, 1.54) is 4.88 Å². The third-order valence-corrected chi connectivity index (χ3v) is 5.77. The first-order valence-corrected chi connectivity index (χ1v) is 10.5. The van der Waals surface area contributed by atoms with Crippen LogP contribution in [0.15, 0.2) is 46.9 Å². The van der Waals surface area contributed by atoms with Crippen LogP contribution in [-0.4, -0.2) is 74.1 Å². The highest BCUT2D eigenvalue weighted by molar-refractivity contribution is 7.10. The Morgan fingerprint density at radius 1 is 1.22 bits per heavy atom. The lowest BCUT2D eigenvalue weighted by atomic mass is 10.2. The Morgan fingerprint density at radius 3 is 2.63 bits per heavy atom. The van der Waals surface area contributed by atoms with Gasteiger partial charge in [-0.1, -0.05) is 12.1 Å². The van der Waals surface area contributed by atoms with E-state index in [0.717, 1.165) is 51.0 Å². The van der Waals surface area contributed by atoms with Crippen LogP contribution in [0.2, 0.25) is 0 Å². The van der Waals surface area contributed by atoms with E-state index in [0.29, 0.717) is 6.04 Å². The number of piperazine rings is 1. The summed E-state index contributed by atoms with van der Waals surface area (Å²) in [6.07, 6.45) is 1.86. The number of hydrogen-bond acceptors (Lipinski definition) is 5.